The second-order valence-corrected chi connectivity index (χ2v) is 8.01. The van der Waals surface area contributed by atoms with Crippen LogP contribution in [-0.4, -0.2) is 20.3 Å². The second-order valence-electron chi connectivity index (χ2n) is 8.01. The first-order valence-electron chi connectivity index (χ1n) is 11.0. The lowest BCUT2D eigenvalue weighted by Crippen LogP contribution is -2.32. The van der Waals surface area contributed by atoms with Gasteiger partial charge in [-0.1, -0.05) is 31.2 Å². The summed E-state index contributed by atoms with van der Waals surface area (Å²) in [4.78, 5) is 2.25. The number of fused-ring (bicyclic) bond motifs is 1. The number of ether oxygens (including phenoxy) is 2. The van der Waals surface area contributed by atoms with Gasteiger partial charge >= 0.3 is 0 Å². The average molecular weight is 419 g/mol. The smallest absolute Gasteiger partial charge is 0.137 e. The van der Waals surface area contributed by atoms with E-state index in [0.717, 1.165) is 64.9 Å². The van der Waals surface area contributed by atoms with Crippen LogP contribution in [0.3, 0.4) is 0 Å². The Morgan fingerprint density at radius 2 is 1.90 bits per heavy atom. The second kappa shape index (κ2) is 9.88. The molecule has 0 atom stereocenters. The third kappa shape index (κ3) is 5.02. The minimum atomic E-state index is 0.605. The average Bonchev–Trinajstić information content (AvgIpc) is 2.76. The highest BCUT2D eigenvalue weighted by atomic mass is 16.5. The third-order valence-corrected chi connectivity index (χ3v) is 5.63. The summed E-state index contributed by atoms with van der Waals surface area (Å²) in [7, 11) is 1.95. The Hall–Kier alpha value is -2.98. The minimum absolute atomic E-state index is 0.605. The lowest BCUT2D eigenvalue weighted by molar-refractivity contribution is 0.392. The summed E-state index contributed by atoms with van der Waals surface area (Å²) in [5, 5.41) is 3.21. The van der Waals surface area contributed by atoms with E-state index in [9.17, 15) is 0 Å². The minimum Gasteiger partial charge on any atom is -0.457 e. The van der Waals surface area contributed by atoms with Gasteiger partial charge in [-0.3, -0.25) is 0 Å². The number of hydrogen-bond acceptors (Lipinski definition) is 4. The fourth-order valence-electron chi connectivity index (χ4n) is 3.68. The van der Waals surface area contributed by atoms with Crippen molar-refractivity contribution in [3.63, 3.8) is 0 Å². The van der Waals surface area contributed by atoms with Crippen molar-refractivity contribution in [1.29, 1.82) is 0 Å². The van der Waals surface area contributed by atoms with Gasteiger partial charge in [0.1, 0.15) is 23.0 Å². The van der Waals surface area contributed by atoms with Crippen LogP contribution < -0.4 is 19.7 Å². The molecule has 0 saturated heterocycles. The van der Waals surface area contributed by atoms with Crippen molar-refractivity contribution >= 4 is 11.8 Å². The maximum Gasteiger partial charge on any atom is 0.137 e. The number of aryl methyl sites for hydroxylation is 2. The van der Waals surface area contributed by atoms with Crippen LogP contribution in [0.2, 0.25) is 0 Å². The van der Waals surface area contributed by atoms with Gasteiger partial charge in [-0.15, -0.1) is 0 Å². The van der Waals surface area contributed by atoms with E-state index in [4.69, 9.17) is 9.47 Å². The molecular weight excluding hydrogens is 384 g/mol. The van der Waals surface area contributed by atoms with Crippen LogP contribution in [0.25, 0.3) is 6.08 Å². The number of rotatable bonds is 8. The van der Waals surface area contributed by atoms with Gasteiger partial charge in [-0.2, -0.15) is 0 Å². The van der Waals surface area contributed by atoms with Crippen molar-refractivity contribution < 1.29 is 9.47 Å². The Kier molecular flexibility index (Phi) is 7.24. The van der Waals surface area contributed by atoms with Crippen molar-refractivity contribution in [2.24, 2.45) is 0 Å². The number of hydrogen-bond donors (Lipinski definition) is 1. The summed E-state index contributed by atoms with van der Waals surface area (Å²) in [6.45, 7) is 16.4. The number of anilines is 1. The largest absolute Gasteiger partial charge is 0.457 e. The maximum atomic E-state index is 6.44. The van der Waals surface area contributed by atoms with Crippen LogP contribution in [0.5, 0.6) is 11.5 Å². The summed E-state index contributed by atoms with van der Waals surface area (Å²) >= 11 is 0. The molecule has 0 spiro atoms. The SMILES string of the molecule is C=C1Oc2cc(N(CC)CNC)ccc2C=C1/C(Oc1ccc(C)cc1C)=C(/C)CC. The van der Waals surface area contributed by atoms with E-state index in [2.05, 4.69) is 87.8 Å². The lowest BCUT2D eigenvalue weighted by atomic mass is 10.00. The van der Waals surface area contributed by atoms with Gasteiger partial charge in [0.15, 0.2) is 0 Å². The van der Waals surface area contributed by atoms with Crippen LogP contribution in [-0.2, 0) is 0 Å². The van der Waals surface area contributed by atoms with E-state index in [0.29, 0.717) is 5.76 Å². The summed E-state index contributed by atoms with van der Waals surface area (Å²) in [5.41, 5.74) is 6.52. The molecule has 4 heteroatoms. The van der Waals surface area contributed by atoms with Gasteiger partial charge in [0.05, 0.1) is 12.2 Å². The molecule has 1 aliphatic rings. The number of nitrogens with one attached hydrogen (secondary N) is 1. The molecule has 0 aromatic heterocycles. The fraction of sp³-hybridized carbons (Fsp3) is 0.333. The Labute approximate surface area is 186 Å². The number of nitrogens with zero attached hydrogens (tertiary/aromatic N) is 1. The molecule has 1 N–H and O–H groups in total. The third-order valence-electron chi connectivity index (χ3n) is 5.63. The molecule has 2 aromatic rings. The first-order valence-corrected chi connectivity index (χ1v) is 11.0. The molecule has 0 radical (unpaired) electrons. The zero-order valence-corrected chi connectivity index (χ0v) is 19.6. The van der Waals surface area contributed by atoms with Crippen LogP contribution in [0.4, 0.5) is 5.69 Å². The normalized spacial score (nSPS) is 13.7. The van der Waals surface area contributed by atoms with Crippen molar-refractivity contribution in [3.05, 3.63) is 82.3 Å². The Morgan fingerprint density at radius 3 is 2.55 bits per heavy atom. The molecular formula is C27H34N2O2. The predicted molar refractivity (Wildman–Crippen MR) is 131 cm³/mol. The maximum absolute atomic E-state index is 6.44. The summed E-state index contributed by atoms with van der Waals surface area (Å²) in [5.74, 6) is 3.10. The van der Waals surface area contributed by atoms with Crippen LogP contribution in [0.1, 0.15) is 43.9 Å². The molecule has 31 heavy (non-hydrogen) atoms. The van der Waals surface area contributed by atoms with Crippen molar-refractivity contribution in [2.75, 3.05) is 25.2 Å². The van der Waals surface area contributed by atoms with E-state index in [1.165, 1.54) is 5.56 Å². The van der Waals surface area contributed by atoms with Crippen LogP contribution >= 0.6 is 0 Å². The standard InChI is InChI=1S/C27H34N2O2/c1-8-19(4)27(31-25-13-10-18(3)14-20(25)5)24-15-22-11-12-23(29(9-2)17-28-7)16-26(22)30-21(24)6/h10-16,28H,6,8-9,17H2,1-5,7H3/b27-19+. The van der Waals surface area contributed by atoms with Crippen LogP contribution in [0, 0.1) is 13.8 Å². The Bertz CT molecular complexity index is 1030. The fourth-order valence-corrected chi connectivity index (χ4v) is 3.68. The van der Waals surface area contributed by atoms with Gasteiger partial charge in [0.2, 0.25) is 0 Å². The molecule has 0 unspecified atom stereocenters. The monoisotopic (exact) mass is 418 g/mol. The highest BCUT2D eigenvalue weighted by molar-refractivity contribution is 5.73. The molecule has 0 fully saturated rings. The lowest BCUT2D eigenvalue weighted by Gasteiger charge is -2.27. The Morgan fingerprint density at radius 1 is 1.13 bits per heavy atom. The van der Waals surface area contributed by atoms with Gasteiger partial charge in [0, 0.05) is 23.9 Å². The molecule has 0 bridgehead atoms. The highest BCUT2D eigenvalue weighted by Crippen LogP contribution is 2.38. The van der Waals surface area contributed by atoms with E-state index < -0.39 is 0 Å². The quantitative estimate of drug-likeness (QED) is 0.399. The first kappa shape index (κ1) is 22.7. The number of benzene rings is 2. The molecule has 4 nitrogen and oxygen atoms in total. The van der Waals surface area contributed by atoms with Gasteiger partial charge in [-0.25, -0.2) is 0 Å². The summed E-state index contributed by atoms with van der Waals surface area (Å²) in [6, 6.07) is 12.6. The summed E-state index contributed by atoms with van der Waals surface area (Å²) in [6.07, 6.45) is 3.00. The molecule has 2 aromatic carbocycles. The van der Waals surface area contributed by atoms with Crippen molar-refractivity contribution in [2.45, 2.75) is 41.0 Å². The molecule has 3 rings (SSSR count). The van der Waals surface area contributed by atoms with E-state index in [1.807, 2.05) is 13.1 Å². The highest BCUT2D eigenvalue weighted by Gasteiger charge is 2.23. The molecule has 1 aliphatic heterocycles. The predicted octanol–water partition coefficient (Wildman–Crippen LogP) is 6.36. The summed E-state index contributed by atoms with van der Waals surface area (Å²) < 4.78 is 12.6. The molecule has 0 saturated carbocycles. The van der Waals surface area contributed by atoms with E-state index in [1.54, 1.807) is 0 Å². The van der Waals surface area contributed by atoms with Crippen LogP contribution in [0.15, 0.2) is 65.6 Å². The van der Waals surface area contributed by atoms with E-state index >= 15 is 0 Å². The molecule has 0 aliphatic carbocycles. The zero-order chi connectivity index (χ0) is 22.5. The first-order chi connectivity index (χ1) is 14.9. The molecule has 0 amide bonds. The van der Waals surface area contributed by atoms with Crippen molar-refractivity contribution in [3.8, 4) is 11.5 Å². The van der Waals surface area contributed by atoms with E-state index in [-0.39, 0.29) is 0 Å². The molecule has 164 valence electrons. The Balaban J connectivity index is 2.00. The van der Waals surface area contributed by atoms with Gasteiger partial charge < -0.3 is 19.7 Å². The van der Waals surface area contributed by atoms with Gasteiger partial charge in [0.25, 0.3) is 0 Å². The van der Waals surface area contributed by atoms with Gasteiger partial charge in [-0.05, 0) is 76.6 Å². The van der Waals surface area contributed by atoms with Crippen molar-refractivity contribution in [1.82, 2.24) is 5.32 Å². The topological polar surface area (TPSA) is 33.7 Å². The molecule has 1 heterocycles. The zero-order valence-electron chi connectivity index (χ0n) is 19.6. The number of allylic oxidation sites excluding steroid dienone is 1.